The van der Waals surface area contributed by atoms with Gasteiger partial charge in [0.1, 0.15) is 6.61 Å². The minimum atomic E-state index is 0.520. The molecule has 0 aliphatic carbocycles. The average Bonchev–Trinajstić information content (AvgIpc) is 2.03. The van der Waals surface area contributed by atoms with Crippen molar-refractivity contribution in [1.29, 1.82) is 0 Å². The fraction of sp³-hybridized carbons (Fsp3) is 0.222. The summed E-state index contributed by atoms with van der Waals surface area (Å²) in [5, 5.41) is 1.29. The van der Waals surface area contributed by atoms with Gasteiger partial charge in [0.15, 0.2) is 5.05 Å². The Morgan fingerprint density at radius 2 is 2.00 bits per heavy atom. The van der Waals surface area contributed by atoms with Gasteiger partial charge in [0, 0.05) is 11.9 Å². The van der Waals surface area contributed by atoms with Crippen LogP contribution in [0.5, 0.6) is 0 Å². The molecule has 0 radical (unpaired) electrons. The number of hydrogen-bond donors (Lipinski definition) is 0. The monoisotopic (exact) mass is 200 g/mol. The molecule has 1 aromatic carbocycles. The van der Waals surface area contributed by atoms with Gasteiger partial charge in [-0.25, -0.2) is 0 Å². The lowest BCUT2D eigenvalue weighted by atomic mass is 10.2. The Morgan fingerprint density at radius 1 is 1.42 bits per heavy atom. The van der Waals surface area contributed by atoms with Crippen LogP contribution in [-0.2, 0) is 11.3 Å². The highest BCUT2D eigenvalue weighted by Gasteiger charge is 1.93. The lowest BCUT2D eigenvalue weighted by Crippen LogP contribution is -1.95. The standard InChI is InChI=1S/C9H9ClOS/c1-7(12)11-6-8-2-4-9(10)5-3-8/h2-5H,6H2,1H3. The third-order valence-electron chi connectivity index (χ3n) is 1.36. The van der Waals surface area contributed by atoms with Gasteiger partial charge in [-0.15, -0.1) is 0 Å². The first-order valence-electron chi connectivity index (χ1n) is 3.56. The van der Waals surface area contributed by atoms with E-state index in [9.17, 15) is 0 Å². The van der Waals surface area contributed by atoms with E-state index in [2.05, 4.69) is 0 Å². The van der Waals surface area contributed by atoms with E-state index < -0.39 is 0 Å². The Balaban J connectivity index is 2.53. The van der Waals surface area contributed by atoms with Gasteiger partial charge >= 0.3 is 0 Å². The molecule has 0 amide bonds. The largest absolute Gasteiger partial charge is 0.483 e. The Hall–Kier alpha value is -0.600. The van der Waals surface area contributed by atoms with E-state index in [-0.39, 0.29) is 0 Å². The Bertz CT molecular complexity index is 268. The third kappa shape index (κ3) is 3.20. The topological polar surface area (TPSA) is 9.23 Å². The highest BCUT2D eigenvalue weighted by Crippen LogP contribution is 2.10. The zero-order valence-electron chi connectivity index (χ0n) is 6.71. The third-order valence-corrected chi connectivity index (χ3v) is 1.73. The minimum absolute atomic E-state index is 0.520. The van der Waals surface area contributed by atoms with Crippen molar-refractivity contribution in [2.75, 3.05) is 0 Å². The van der Waals surface area contributed by atoms with E-state index in [0.29, 0.717) is 11.7 Å². The summed E-state index contributed by atoms with van der Waals surface area (Å²) in [7, 11) is 0. The molecule has 1 rings (SSSR count). The molecule has 0 atom stereocenters. The van der Waals surface area contributed by atoms with Gasteiger partial charge in [-0.3, -0.25) is 0 Å². The molecule has 3 heteroatoms. The van der Waals surface area contributed by atoms with Gasteiger partial charge < -0.3 is 4.74 Å². The summed E-state index contributed by atoms with van der Waals surface area (Å²) in [6.07, 6.45) is 0. The normalized spacial score (nSPS) is 9.50. The van der Waals surface area contributed by atoms with E-state index in [1.807, 2.05) is 24.3 Å². The molecule has 0 fully saturated rings. The SMILES string of the molecule is CC(=S)OCc1ccc(Cl)cc1. The van der Waals surface area contributed by atoms with Gasteiger partial charge in [0.2, 0.25) is 0 Å². The Kier molecular flexibility index (Phi) is 3.50. The first-order chi connectivity index (χ1) is 5.68. The zero-order valence-corrected chi connectivity index (χ0v) is 8.28. The summed E-state index contributed by atoms with van der Waals surface area (Å²) in [6, 6.07) is 7.50. The second-order valence-electron chi connectivity index (χ2n) is 2.41. The minimum Gasteiger partial charge on any atom is -0.483 e. The Labute approximate surface area is 82.3 Å². The van der Waals surface area contributed by atoms with Crippen molar-refractivity contribution >= 4 is 28.9 Å². The van der Waals surface area contributed by atoms with Crippen molar-refractivity contribution in [1.82, 2.24) is 0 Å². The summed E-state index contributed by atoms with van der Waals surface area (Å²) in [4.78, 5) is 0. The van der Waals surface area contributed by atoms with Gasteiger partial charge in [0.05, 0.1) is 0 Å². The van der Waals surface area contributed by atoms with Gasteiger partial charge in [-0.2, -0.15) is 0 Å². The van der Waals surface area contributed by atoms with Gasteiger partial charge in [-0.05, 0) is 29.9 Å². The van der Waals surface area contributed by atoms with E-state index in [1.165, 1.54) is 0 Å². The molecular weight excluding hydrogens is 192 g/mol. The number of ether oxygens (including phenoxy) is 1. The van der Waals surface area contributed by atoms with Crippen molar-refractivity contribution in [3.63, 3.8) is 0 Å². The summed E-state index contributed by atoms with van der Waals surface area (Å²) in [5.41, 5.74) is 1.07. The fourth-order valence-electron chi connectivity index (χ4n) is 0.766. The predicted molar refractivity (Wildman–Crippen MR) is 54.5 cm³/mol. The van der Waals surface area contributed by atoms with Crippen molar-refractivity contribution < 1.29 is 4.74 Å². The summed E-state index contributed by atoms with van der Waals surface area (Å²) in [5.74, 6) is 0. The number of hydrogen-bond acceptors (Lipinski definition) is 2. The quantitative estimate of drug-likeness (QED) is 0.679. The lowest BCUT2D eigenvalue weighted by Gasteiger charge is -2.02. The molecule has 0 saturated heterocycles. The van der Waals surface area contributed by atoms with Crippen LogP contribution in [0, 0.1) is 0 Å². The van der Waals surface area contributed by atoms with Crippen LogP contribution in [0.4, 0.5) is 0 Å². The van der Waals surface area contributed by atoms with Crippen LogP contribution in [0.15, 0.2) is 24.3 Å². The maximum atomic E-state index is 5.71. The van der Waals surface area contributed by atoms with Crippen LogP contribution < -0.4 is 0 Å². The van der Waals surface area contributed by atoms with Crippen LogP contribution in [0.1, 0.15) is 12.5 Å². The molecule has 64 valence electrons. The summed E-state index contributed by atoms with van der Waals surface area (Å²) >= 11 is 10.5. The molecule has 0 N–H and O–H groups in total. The zero-order chi connectivity index (χ0) is 8.97. The van der Waals surface area contributed by atoms with E-state index in [1.54, 1.807) is 6.92 Å². The molecule has 0 bridgehead atoms. The number of benzene rings is 1. The van der Waals surface area contributed by atoms with Crippen LogP contribution in [0.25, 0.3) is 0 Å². The van der Waals surface area contributed by atoms with E-state index in [0.717, 1.165) is 10.6 Å². The molecular formula is C9H9ClOS. The van der Waals surface area contributed by atoms with Gasteiger partial charge in [-0.1, -0.05) is 23.7 Å². The van der Waals surface area contributed by atoms with E-state index in [4.69, 9.17) is 28.6 Å². The van der Waals surface area contributed by atoms with Crippen LogP contribution in [0.3, 0.4) is 0 Å². The second-order valence-corrected chi connectivity index (χ2v) is 3.42. The molecule has 0 aromatic heterocycles. The van der Waals surface area contributed by atoms with Crippen molar-refractivity contribution in [3.05, 3.63) is 34.9 Å². The first kappa shape index (κ1) is 9.49. The number of rotatable bonds is 2. The lowest BCUT2D eigenvalue weighted by molar-refractivity contribution is 0.298. The Morgan fingerprint density at radius 3 is 2.50 bits per heavy atom. The maximum absolute atomic E-state index is 5.71. The van der Waals surface area contributed by atoms with Crippen LogP contribution in [-0.4, -0.2) is 5.05 Å². The molecule has 0 aliphatic rings. The highest BCUT2D eigenvalue weighted by molar-refractivity contribution is 7.80. The molecule has 0 heterocycles. The highest BCUT2D eigenvalue weighted by atomic mass is 35.5. The maximum Gasteiger partial charge on any atom is 0.157 e. The van der Waals surface area contributed by atoms with Crippen LogP contribution >= 0.6 is 23.8 Å². The number of halogens is 1. The average molecular weight is 201 g/mol. The first-order valence-corrected chi connectivity index (χ1v) is 4.35. The molecule has 1 aromatic rings. The van der Waals surface area contributed by atoms with Crippen molar-refractivity contribution in [3.8, 4) is 0 Å². The van der Waals surface area contributed by atoms with Gasteiger partial charge in [0.25, 0.3) is 0 Å². The summed E-state index contributed by atoms with van der Waals surface area (Å²) < 4.78 is 5.16. The van der Waals surface area contributed by atoms with E-state index >= 15 is 0 Å². The van der Waals surface area contributed by atoms with Crippen molar-refractivity contribution in [2.24, 2.45) is 0 Å². The fourth-order valence-corrected chi connectivity index (χ4v) is 0.951. The number of thiocarbonyl (C=S) groups is 1. The molecule has 12 heavy (non-hydrogen) atoms. The molecule has 0 saturated carbocycles. The second kappa shape index (κ2) is 4.43. The summed E-state index contributed by atoms with van der Waals surface area (Å²) in [6.45, 7) is 2.28. The molecule has 0 aliphatic heterocycles. The molecule has 0 unspecified atom stereocenters. The van der Waals surface area contributed by atoms with Crippen LogP contribution in [0.2, 0.25) is 5.02 Å². The molecule has 1 nitrogen and oxygen atoms in total. The van der Waals surface area contributed by atoms with Crippen molar-refractivity contribution in [2.45, 2.75) is 13.5 Å². The smallest absolute Gasteiger partial charge is 0.157 e. The predicted octanol–water partition coefficient (Wildman–Crippen LogP) is 3.20. The molecule has 0 spiro atoms.